The Kier molecular flexibility index (Phi) is 5.18. The normalized spacial score (nSPS) is 17.6. The first kappa shape index (κ1) is 13.4. The van der Waals surface area contributed by atoms with E-state index in [-0.39, 0.29) is 11.5 Å². The van der Waals surface area contributed by atoms with Crippen LogP contribution in [0.3, 0.4) is 0 Å². The van der Waals surface area contributed by atoms with Crippen LogP contribution in [0.2, 0.25) is 0 Å². The van der Waals surface area contributed by atoms with Crippen LogP contribution < -0.4 is 5.32 Å². The minimum absolute atomic E-state index is 0.134. The molecular formula is C11H22N2O3. The van der Waals surface area contributed by atoms with Gasteiger partial charge in [0.15, 0.2) is 0 Å². The highest BCUT2D eigenvalue weighted by Gasteiger charge is 2.19. The Morgan fingerprint density at radius 1 is 1.44 bits per heavy atom. The van der Waals surface area contributed by atoms with Crippen LogP contribution in [0.5, 0.6) is 0 Å². The molecule has 5 nitrogen and oxygen atoms in total. The van der Waals surface area contributed by atoms with Crippen molar-refractivity contribution >= 4 is 5.91 Å². The first-order valence-corrected chi connectivity index (χ1v) is 5.66. The van der Waals surface area contributed by atoms with Gasteiger partial charge in [0.05, 0.1) is 25.4 Å². The topological polar surface area (TPSA) is 50.8 Å². The van der Waals surface area contributed by atoms with Gasteiger partial charge in [-0.2, -0.15) is 0 Å². The molecule has 0 aromatic rings. The maximum absolute atomic E-state index is 11.7. The minimum atomic E-state index is -0.231. The maximum atomic E-state index is 11.7. The molecule has 0 atom stereocenters. The Balaban J connectivity index is 2.19. The van der Waals surface area contributed by atoms with Crippen LogP contribution in [0.1, 0.15) is 13.8 Å². The number of methoxy groups -OCH3 is 1. The van der Waals surface area contributed by atoms with Crippen molar-refractivity contribution in [1.29, 1.82) is 0 Å². The average molecular weight is 230 g/mol. The summed E-state index contributed by atoms with van der Waals surface area (Å²) in [5.41, 5.74) is -0.231. The number of hydrogen-bond acceptors (Lipinski definition) is 4. The molecule has 94 valence electrons. The lowest BCUT2D eigenvalue weighted by atomic mass is 10.1. The zero-order valence-electron chi connectivity index (χ0n) is 10.4. The van der Waals surface area contributed by atoms with E-state index in [0.717, 1.165) is 0 Å². The summed E-state index contributed by atoms with van der Waals surface area (Å²) in [5.74, 6) is 0.134. The van der Waals surface area contributed by atoms with E-state index in [1.165, 1.54) is 0 Å². The van der Waals surface area contributed by atoms with Crippen molar-refractivity contribution in [3.8, 4) is 0 Å². The van der Waals surface area contributed by atoms with Crippen LogP contribution in [0.25, 0.3) is 0 Å². The summed E-state index contributed by atoms with van der Waals surface area (Å²) in [6.45, 7) is 7.71. The van der Waals surface area contributed by atoms with Gasteiger partial charge < -0.3 is 19.7 Å². The summed E-state index contributed by atoms with van der Waals surface area (Å²) < 4.78 is 10.4. The Labute approximate surface area is 97.1 Å². The molecule has 5 heteroatoms. The standard InChI is InChI=1S/C11H22N2O3/c1-11(2,15-3)9-12-8-10(14)13-4-6-16-7-5-13/h12H,4-9H2,1-3H3. The molecule has 1 amide bonds. The number of carbonyl (C=O) groups excluding carboxylic acids is 1. The van der Waals surface area contributed by atoms with Crippen molar-refractivity contribution in [1.82, 2.24) is 10.2 Å². The SMILES string of the molecule is COC(C)(C)CNCC(=O)N1CCOCC1. The van der Waals surface area contributed by atoms with Crippen LogP contribution in [0.15, 0.2) is 0 Å². The fraction of sp³-hybridized carbons (Fsp3) is 0.909. The third-order valence-electron chi connectivity index (χ3n) is 2.74. The number of hydrogen-bond donors (Lipinski definition) is 1. The predicted octanol–water partition coefficient (Wildman–Crippen LogP) is -0.140. The molecule has 0 spiro atoms. The number of rotatable bonds is 5. The van der Waals surface area contributed by atoms with Crippen LogP contribution in [0.4, 0.5) is 0 Å². The fourth-order valence-corrected chi connectivity index (χ4v) is 1.47. The first-order chi connectivity index (χ1) is 7.55. The van der Waals surface area contributed by atoms with Gasteiger partial charge >= 0.3 is 0 Å². The lowest BCUT2D eigenvalue weighted by molar-refractivity contribution is -0.134. The maximum Gasteiger partial charge on any atom is 0.236 e. The van der Waals surface area contributed by atoms with Crippen molar-refractivity contribution in [2.24, 2.45) is 0 Å². The Morgan fingerprint density at radius 2 is 2.06 bits per heavy atom. The lowest BCUT2D eigenvalue weighted by Crippen LogP contribution is -2.47. The molecule has 0 aromatic carbocycles. The largest absolute Gasteiger partial charge is 0.378 e. The van der Waals surface area contributed by atoms with E-state index in [4.69, 9.17) is 9.47 Å². The number of carbonyl (C=O) groups is 1. The summed E-state index contributed by atoms with van der Waals surface area (Å²) >= 11 is 0. The Morgan fingerprint density at radius 3 is 2.62 bits per heavy atom. The average Bonchev–Trinajstić information content (AvgIpc) is 2.30. The molecule has 1 N–H and O–H groups in total. The van der Waals surface area contributed by atoms with E-state index in [1.54, 1.807) is 7.11 Å². The molecule has 0 aromatic heterocycles. The van der Waals surface area contributed by atoms with Crippen molar-refractivity contribution in [2.45, 2.75) is 19.4 Å². The fourth-order valence-electron chi connectivity index (χ4n) is 1.47. The summed E-state index contributed by atoms with van der Waals surface area (Å²) in [6, 6.07) is 0. The number of nitrogens with zero attached hydrogens (tertiary/aromatic N) is 1. The second-order valence-corrected chi connectivity index (χ2v) is 4.56. The van der Waals surface area contributed by atoms with Gasteiger partial charge in [-0.15, -0.1) is 0 Å². The molecule has 16 heavy (non-hydrogen) atoms. The third-order valence-corrected chi connectivity index (χ3v) is 2.74. The highest BCUT2D eigenvalue weighted by Crippen LogP contribution is 2.04. The van der Waals surface area contributed by atoms with Crippen LogP contribution >= 0.6 is 0 Å². The summed E-state index contributed by atoms with van der Waals surface area (Å²) in [6.07, 6.45) is 0. The van der Waals surface area contributed by atoms with Crippen LogP contribution in [0, 0.1) is 0 Å². The number of ether oxygens (including phenoxy) is 2. The van der Waals surface area contributed by atoms with E-state index in [0.29, 0.717) is 39.4 Å². The quantitative estimate of drug-likeness (QED) is 0.714. The number of nitrogens with one attached hydrogen (secondary N) is 1. The van der Waals surface area contributed by atoms with E-state index in [1.807, 2.05) is 18.7 Å². The Bertz CT molecular complexity index is 225. The number of morpholine rings is 1. The first-order valence-electron chi connectivity index (χ1n) is 5.66. The second kappa shape index (κ2) is 6.18. The van der Waals surface area contributed by atoms with Crippen molar-refractivity contribution in [2.75, 3.05) is 46.5 Å². The molecule has 1 fully saturated rings. The monoisotopic (exact) mass is 230 g/mol. The van der Waals surface area contributed by atoms with Gasteiger partial charge in [-0.1, -0.05) is 0 Å². The number of amides is 1. The smallest absolute Gasteiger partial charge is 0.236 e. The zero-order chi connectivity index (χ0) is 12.0. The summed E-state index contributed by atoms with van der Waals surface area (Å²) in [7, 11) is 1.67. The Hall–Kier alpha value is -0.650. The highest BCUT2D eigenvalue weighted by molar-refractivity contribution is 5.78. The summed E-state index contributed by atoms with van der Waals surface area (Å²) in [4.78, 5) is 13.6. The molecular weight excluding hydrogens is 208 g/mol. The van der Waals surface area contributed by atoms with Gasteiger partial charge in [0.25, 0.3) is 0 Å². The van der Waals surface area contributed by atoms with Gasteiger partial charge in [-0.25, -0.2) is 0 Å². The van der Waals surface area contributed by atoms with Gasteiger partial charge in [0.1, 0.15) is 0 Å². The predicted molar refractivity (Wildman–Crippen MR) is 61.4 cm³/mol. The van der Waals surface area contributed by atoms with Crippen molar-refractivity contribution in [3.63, 3.8) is 0 Å². The van der Waals surface area contributed by atoms with Crippen LogP contribution in [-0.2, 0) is 14.3 Å². The third kappa shape index (κ3) is 4.47. The lowest BCUT2D eigenvalue weighted by Gasteiger charge is -2.28. The van der Waals surface area contributed by atoms with Gasteiger partial charge in [-0.3, -0.25) is 4.79 Å². The minimum Gasteiger partial charge on any atom is -0.378 e. The van der Waals surface area contributed by atoms with Gasteiger partial charge in [0.2, 0.25) is 5.91 Å². The zero-order valence-corrected chi connectivity index (χ0v) is 10.4. The van der Waals surface area contributed by atoms with E-state index >= 15 is 0 Å². The molecule has 1 aliphatic rings. The second-order valence-electron chi connectivity index (χ2n) is 4.56. The molecule has 1 rings (SSSR count). The summed E-state index contributed by atoms with van der Waals surface area (Å²) in [5, 5.41) is 3.12. The molecule has 0 bridgehead atoms. The molecule has 0 saturated carbocycles. The molecule has 1 heterocycles. The molecule has 0 radical (unpaired) electrons. The molecule has 1 aliphatic heterocycles. The van der Waals surface area contributed by atoms with Gasteiger partial charge in [-0.05, 0) is 13.8 Å². The van der Waals surface area contributed by atoms with E-state index < -0.39 is 0 Å². The van der Waals surface area contributed by atoms with E-state index in [9.17, 15) is 4.79 Å². The van der Waals surface area contributed by atoms with Crippen LogP contribution in [-0.4, -0.2) is 62.9 Å². The molecule has 0 aliphatic carbocycles. The van der Waals surface area contributed by atoms with Crippen molar-refractivity contribution in [3.05, 3.63) is 0 Å². The molecule has 0 unspecified atom stereocenters. The molecule has 1 saturated heterocycles. The highest BCUT2D eigenvalue weighted by atomic mass is 16.5. The van der Waals surface area contributed by atoms with E-state index in [2.05, 4.69) is 5.32 Å². The van der Waals surface area contributed by atoms with Gasteiger partial charge in [0, 0.05) is 26.7 Å². The van der Waals surface area contributed by atoms with Crippen molar-refractivity contribution < 1.29 is 14.3 Å².